The van der Waals surface area contributed by atoms with Crippen molar-refractivity contribution in [2.75, 3.05) is 9.80 Å². The SMILES string of the molecule is OP(O)c1ccc(N(c2ccccc2)c2ccc3ccc4c(N(c5ccccc5)c5ccccc5)ccc5ccc2c3c54)cc1. The van der Waals surface area contributed by atoms with E-state index < -0.39 is 8.38 Å². The van der Waals surface area contributed by atoms with Crippen LogP contribution >= 0.6 is 8.38 Å². The van der Waals surface area contributed by atoms with Crippen LogP contribution in [0.4, 0.5) is 34.1 Å². The Morgan fingerprint density at radius 3 is 1.09 bits per heavy atom. The zero-order chi connectivity index (χ0) is 30.3. The van der Waals surface area contributed by atoms with Gasteiger partial charge in [-0.25, -0.2) is 0 Å². The highest BCUT2D eigenvalue weighted by Crippen LogP contribution is 2.47. The molecule has 0 spiro atoms. The summed E-state index contributed by atoms with van der Waals surface area (Å²) in [6.45, 7) is 0. The van der Waals surface area contributed by atoms with Crippen LogP contribution in [0.3, 0.4) is 0 Å². The Bertz CT molecular complexity index is 2200. The minimum absolute atomic E-state index is 0.520. The van der Waals surface area contributed by atoms with Gasteiger partial charge >= 0.3 is 0 Å². The van der Waals surface area contributed by atoms with E-state index in [1.807, 2.05) is 30.3 Å². The quantitative estimate of drug-likeness (QED) is 0.141. The molecule has 0 unspecified atom stereocenters. The number of para-hydroxylation sites is 3. The van der Waals surface area contributed by atoms with Gasteiger partial charge in [0.05, 0.1) is 11.4 Å². The van der Waals surface area contributed by atoms with Gasteiger partial charge in [0, 0.05) is 38.8 Å². The Labute approximate surface area is 262 Å². The summed E-state index contributed by atoms with van der Waals surface area (Å²) >= 11 is 0. The predicted octanol–water partition coefficient (Wildman–Crippen LogP) is 10.4. The normalized spacial score (nSPS) is 11.5. The molecular formula is C40H29N2O2P. The number of anilines is 6. The van der Waals surface area contributed by atoms with E-state index in [9.17, 15) is 9.79 Å². The molecule has 2 N–H and O–H groups in total. The maximum atomic E-state index is 9.80. The van der Waals surface area contributed by atoms with Crippen LogP contribution in [0, 0.1) is 0 Å². The molecule has 0 atom stereocenters. The summed E-state index contributed by atoms with van der Waals surface area (Å²) in [6.07, 6.45) is 0. The van der Waals surface area contributed by atoms with Crippen molar-refractivity contribution in [1.29, 1.82) is 0 Å². The minimum atomic E-state index is -2.16. The highest BCUT2D eigenvalue weighted by molar-refractivity contribution is 7.54. The molecule has 8 aromatic carbocycles. The fraction of sp³-hybridized carbons (Fsp3) is 0. The van der Waals surface area contributed by atoms with E-state index >= 15 is 0 Å². The van der Waals surface area contributed by atoms with Gasteiger partial charge < -0.3 is 19.6 Å². The van der Waals surface area contributed by atoms with Crippen LogP contribution in [0.2, 0.25) is 0 Å². The van der Waals surface area contributed by atoms with Gasteiger partial charge in [-0.3, -0.25) is 0 Å². The van der Waals surface area contributed by atoms with Crippen molar-refractivity contribution < 1.29 is 9.79 Å². The average Bonchev–Trinajstić information content (AvgIpc) is 3.10. The molecule has 0 amide bonds. The molecule has 0 heterocycles. The van der Waals surface area contributed by atoms with E-state index in [0.717, 1.165) is 39.5 Å². The Balaban J connectivity index is 1.39. The number of nitrogens with zero attached hydrogens (tertiary/aromatic N) is 2. The maximum Gasteiger partial charge on any atom is 0.199 e. The van der Waals surface area contributed by atoms with Gasteiger partial charge in [-0.05, 0) is 94.3 Å². The van der Waals surface area contributed by atoms with E-state index in [1.54, 1.807) is 12.1 Å². The molecule has 8 rings (SSSR count). The van der Waals surface area contributed by atoms with Gasteiger partial charge in [0.15, 0.2) is 8.38 Å². The molecule has 8 aromatic rings. The molecule has 0 aliphatic carbocycles. The first kappa shape index (κ1) is 27.3. The summed E-state index contributed by atoms with van der Waals surface area (Å²) in [6, 6.07) is 56.7. The summed E-state index contributed by atoms with van der Waals surface area (Å²) in [5.74, 6) is 0. The minimum Gasteiger partial charge on any atom is -0.347 e. The van der Waals surface area contributed by atoms with Crippen LogP contribution < -0.4 is 15.1 Å². The molecular weight excluding hydrogens is 571 g/mol. The highest BCUT2D eigenvalue weighted by Gasteiger charge is 2.21. The summed E-state index contributed by atoms with van der Waals surface area (Å²) in [7, 11) is -2.16. The van der Waals surface area contributed by atoms with Crippen molar-refractivity contribution >= 4 is 80.1 Å². The van der Waals surface area contributed by atoms with Gasteiger partial charge in [-0.15, -0.1) is 0 Å². The fourth-order valence-electron chi connectivity index (χ4n) is 6.48. The van der Waals surface area contributed by atoms with Crippen LogP contribution in [0.15, 0.2) is 164 Å². The second-order valence-electron chi connectivity index (χ2n) is 11.1. The van der Waals surface area contributed by atoms with Crippen molar-refractivity contribution in [2.24, 2.45) is 0 Å². The molecule has 0 aromatic heterocycles. The lowest BCUT2D eigenvalue weighted by atomic mass is 9.91. The van der Waals surface area contributed by atoms with Crippen LogP contribution in [0.1, 0.15) is 0 Å². The molecule has 0 fully saturated rings. The molecule has 5 heteroatoms. The lowest BCUT2D eigenvalue weighted by molar-refractivity contribution is 0.497. The summed E-state index contributed by atoms with van der Waals surface area (Å²) in [5.41, 5.74) is 6.35. The number of hydrogen-bond donors (Lipinski definition) is 2. The van der Waals surface area contributed by atoms with Crippen LogP contribution in [-0.2, 0) is 0 Å². The molecule has 0 bridgehead atoms. The van der Waals surface area contributed by atoms with E-state index in [0.29, 0.717) is 5.30 Å². The van der Waals surface area contributed by atoms with Crippen molar-refractivity contribution in [2.45, 2.75) is 0 Å². The smallest absolute Gasteiger partial charge is 0.199 e. The molecule has 0 aliphatic heterocycles. The van der Waals surface area contributed by atoms with Crippen LogP contribution in [0.5, 0.6) is 0 Å². The zero-order valence-corrected chi connectivity index (χ0v) is 25.2. The van der Waals surface area contributed by atoms with Gasteiger partial charge in [0.1, 0.15) is 0 Å². The van der Waals surface area contributed by atoms with E-state index in [2.05, 4.69) is 131 Å². The topological polar surface area (TPSA) is 46.9 Å². The second kappa shape index (κ2) is 11.4. The Morgan fingerprint density at radius 1 is 0.356 bits per heavy atom. The third-order valence-corrected chi connectivity index (χ3v) is 9.24. The third kappa shape index (κ3) is 4.77. The second-order valence-corrected chi connectivity index (χ2v) is 12.2. The molecule has 0 saturated carbocycles. The van der Waals surface area contributed by atoms with Crippen molar-refractivity contribution in [3.8, 4) is 0 Å². The van der Waals surface area contributed by atoms with E-state index in [-0.39, 0.29) is 0 Å². The third-order valence-electron chi connectivity index (χ3n) is 8.48. The molecule has 4 nitrogen and oxygen atoms in total. The predicted molar refractivity (Wildman–Crippen MR) is 191 cm³/mol. The largest absolute Gasteiger partial charge is 0.347 e. The number of benzene rings is 8. The molecule has 216 valence electrons. The monoisotopic (exact) mass is 600 g/mol. The van der Waals surface area contributed by atoms with Crippen LogP contribution in [0.25, 0.3) is 32.3 Å². The number of hydrogen-bond acceptors (Lipinski definition) is 4. The molecule has 0 radical (unpaired) electrons. The fourth-order valence-corrected chi connectivity index (χ4v) is 6.90. The summed E-state index contributed by atoms with van der Waals surface area (Å²) < 4.78 is 0. The van der Waals surface area contributed by atoms with E-state index in [1.165, 1.54) is 26.9 Å². The lowest BCUT2D eigenvalue weighted by Crippen LogP contribution is -2.12. The Kier molecular flexibility index (Phi) is 6.89. The van der Waals surface area contributed by atoms with Crippen molar-refractivity contribution in [3.63, 3.8) is 0 Å². The van der Waals surface area contributed by atoms with Gasteiger partial charge in [0.25, 0.3) is 0 Å². The number of rotatable bonds is 7. The van der Waals surface area contributed by atoms with Gasteiger partial charge in [-0.2, -0.15) is 0 Å². The Morgan fingerprint density at radius 2 is 0.711 bits per heavy atom. The van der Waals surface area contributed by atoms with Crippen LogP contribution in [-0.4, -0.2) is 9.79 Å². The molecule has 45 heavy (non-hydrogen) atoms. The van der Waals surface area contributed by atoms with Gasteiger partial charge in [0.2, 0.25) is 0 Å². The summed E-state index contributed by atoms with van der Waals surface area (Å²) in [4.78, 5) is 24.2. The zero-order valence-electron chi connectivity index (χ0n) is 24.3. The average molecular weight is 601 g/mol. The van der Waals surface area contributed by atoms with Gasteiger partial charge in [-0.1, -0.05) is 91.0 Å². The first-order chi connectivity index (χ1) is 22.2. The van der Waals surface area contributed by atoms with E-state index in [4.69, 9.17) is 0 Å². The maximum absolute atomic E-state index is 9.80. The first-order valence-corrected chi connectivity index (χ1v) is 16.2. The summed E-state index contributed by atoms with van der Waals surface area (Å²) in [5, 5.41) is 7.68. The lowest BCUT2D eigenvalue weighted by Gasteiger charge is -2.29. The highest BCUT2D eigenvalue weighted by atomic mass is 31.2. The molecule has 0 aliphatic rings. The van der Waals surface area contributed by atoms with Crippen molar-refractivity contribution in [3.05, 3.63) is 164 Å². The first-order valence-electron chi connectivity index (χ1n) is 14.9. The Hall–Kier alpha value is -5.25. The standard InChI is InChI=1S/C40H29N2O2P/c43-45(44)34-22-20-33(21-23-34)42(32-14-8-3-9-15-32)38-27-19-29-16-24-35-37(26-18-28-17-25-36(38)40(29)39(28)35)41(30-10-4-1-5-11-30)31-12-6-2-7-13-31/h1-27,43-44H. The van der Waals surface area contributed by atoms with Crippen molar-refractivity contribution in [1.82, 2.24) is 0 Å². The molecule has 0 saturated heterocycles.